The summed E-state index contributed by atoms with van der Waals surface area (Å²) in [5.74, 6) is -1.43. The molecule has 3 heterocycles. The highest BCUT2D eigenvalue weighted by Gasteiger charge is 2.38. The van der Waals surface area contributed by atoms with Gasteiger partial charge in [-0.15, -0.1) is 0 Å². The number of aliphatic carboxylic acids is 2. The van der Waals surface area contributed by atoms with Gasteiger partial charge in [0.2, 0.25) is 0 Å². The molecule has 1 aromatic carbocycles. The number of benzene rings is 1. The molecule has 4 rings (SSSR count). The summed E-state index contributed by atoms with van der Waals surface area (Å²) in [6.45, 7) is 3.64. The molecule has 10 heteroatoms. The van der Waals surface area contributed by atoms with Crippen molar-refractivity contribution in [2.75, 3.05) is 19.6 Å². The summed E-state index contributed by atoms with van der Waals surface area (Å²) in [7, 11) is 0. The van der Waals surface area contributed by atoms with E-state index < -0.39 is 11.9 Å². The van der Waals surface area contributed by atoms with Crippen LogP contribution in [0.2, 0.25) is 0 Å². The summed E-state index contributed by atoms with van der Waals surface area (Å²) >= 11 is 3.12. The molecule has 29 heavy (non-hydrogen) atoms. The molecule has 0 aliphatic carbocycles. The first-order chi connectivity index (χ1) is 14.0. The number of carboxylic acids is 2. The summed E-state index contributed by atoms with van der Waals surface area (Å²) in [5, 5.41) is 24.8. The lowest BCUT2D eigenvalue weighted by molar-refractivity contribution is -0.159. The molecule has 152 valence electrons. The fourth-order valence-electron chi connectivity index (χ4n) is 3.66. The van der Waals surface area contributed by atoms with Crippen LogP contribution in [-0.2, 0) is 15.3 Å². The standard InChI is InChI=1S/C17H18N4S2.C2H2O4/c18-8-12-3-5-13(6-4-12)11-22-17-16(19-23-20-17)15-10-21-7-1-2-14(15)9-21;3-1(4)2(5)6/h3-6,14-15H,1-2,7,9-11H2;(H,3,4)(H,5,6)/t14-,15-;/m0./s1. The molecule has 2 fully saturated rings. The van der Waals surface area contributed by atoms with E-state index in [1.165, 1.54) is 48.9 Å². The first kappa shape index (κ1) is 21.2. The van der Waals surface area contributed by atoms with E-state index in [0.717, 1.165) is 23.2 Å². The van der Waals surface area contributed by atoms with Gasteiger partial charge in [0.25, 0.3) is 0 Å². The zero-order chi connectivity index (χ0) is 20.8. The number of fused-ring (bicyclic) bond motifs is 2. The molecule has 2 bridgehead atoms. The first-order valence-electron chi connectivity index (χ1n) is 9.10. The SMILES string of the molecule is N#Cc1ccc(CSc2nsnc2[C@H]2CN3CCC[C@H]2C3)cc1.O=C(O)C(=O)O. The van der Waals surface area contributed by atoms with Gasteiger partial charge < -0.3 is 15.1 Å². The Kier molecular flexibility index (Phi) is 7.19. The summed E-state index contributed by atoms with van der Waals surface area (Å²) in [6.07, 6.45) is 2.66. The van der Waals surface area contributed by atoms with Gasteiger partial charge in [-0.25, -0.2) is 9.59 Å². The molecule has 2 aromatic rings. The third-order valence-corrected chi connectivity index (χ3v) is 6.75. The van der Waals surface area contributed by atoms with Gasteiger partial charge in [-0.1, -0.05) is 23.9 Å². The van der Waals surface area contributed by atoms with E-state index in [2.05, 4.69) is 19.7 Å². The molecule has 2 aliphatic rings. The Labute approximate surface area is 176 Å². The molecular formula is C19H20N4O4S2. The van der Waals surface area contributed by atoms with E-state index in [0.29, 0.717) is 11.5 Å². The van der Waals surface area contributed by atoms with Gasteiger partial charge in [0.1, 0.15) is 5.03 Å². The van der Waals surface area contributed by atoms with Crippen molar-refractivity contribution in [1.29, 1.82) is 5.26 Å². The zero-order valence-electron chi connectivity index (χ0n) is 15.5. The number of hydrogen-bond donors (Lipinski definition) is 2. The van der Waals surface area contributed by atoms with Crippen LogP contribution in [0.15, 0.2) is 29.3 Å². The van der Waals surface area contributed by atoms with Crippen LogP contribution in [0.5, 0.6) is 0 Å². The first-order valence-corrected chi connectivity index (χ1v) is 10.8. The van der Waals surface area contributed by atoms with E-state index in [-0.39, 0.29) is 0 Å². The summed E-state index contributed by atoms with van der Waals surface area (Å²) < 4.78 is 9.18. The lowest BCUT2D eigenvalue weighted by Gasteiger charge is -2.21. The number of hydrogen-bond acceptors (Lipinski definition) is 8. The fourth-order valence-corrected chi connectivity index (χ4v) is 5.39. The number of nitriles is 1. The van der Waals surface area contributed by atoms with Crippen molar-refractivity contribution in [3.63, 3.8) is 0 Å². The Hall–Kier alpha value is -2.48. The lowest BCUT2D eigenvalue weighted by Crippen LogP contribution is -2.25. The minimum atomic E-state index is -1.82. The normalized spacial score (nSPS) is 22.2. The second kappa shape index (κ2) is 9.82. The third-order valence-electron chi connectivity index (χ3n) is 5.04. The van der Waals surface area contributed by atoms with Crippen molar-refractivity contribution in [1.82, 2.24) is 13.6 Å². The molecule has 8 nitrogen and oxygen atoms in total. The number of nitrogens with zero attached hydrogens (tertiary/aromatic N) is 4. The Balaban J connectivity index is 0.000000353. The van der Waals surface area contributed by atoms with Crippen molar-refractivity contribution >= 4 is 35.4 Å². The number of rotatable bonds is 4. The highest BCUT2D eigenvalue weighted by atomic mass is 32.2. The molecular weight excluding hydrogens is 412 g/mol. The second-order valence-corrected chi connectivity index (χ2v) is 8.42. The van der Waals surface area contributed by atoms with Crippen molar-refractivity contribution < 1.29 is 19.8 Å². The minimum Gasteiger partial charge on any atom is -0.473 e. The van der Waals surface area contributed by atoms with Gasteiger partial charge in [0, 0.05) is 24.8 Å². The molecule has 0 amide bonds. The van der Waals surface area contributed by atoms with E-state index in [4.69, 9.17) is 25.1 Å². The van der Waals surface area contributed by atoms with Crippen LogP contribution in [-0.4, -0.2) is 55.4 Å². The molecule has 0 radical (unpaired) electrons. The molecule has 3 atom stereocenters. The maximum atomic E-state index is 9.10. The monoisotopic (exact) mass is 432 g/mol. The molecule has 1 aromatic heterocycles. The van der Waals surface area contributed by atoms with Crippen LogP contribution in [0.25, 0.3) is 0 Å². The lowest BCUT2D eigenvalue weighted by atomic mass is 9.89. The molecule has 0 saturated carbocycles. The average molecular weight is 433 g/mol. The van der Waals surface area contributed by atoms with Crippen LogP contribution in [0, 0.1) is 17.2 Å². The topological polar surface area (TPSA) is 127 Å². The highest BCUT2D eigenvalue weighted by molar-refractivity contribution is 7.98. The van der Waals surface area contributed by atoms with E-state index in [1.807, 2.05) is 24.3 Å². The Morgan fingerprint density at radius 2 is 1.93 bits per heavy atom. The van der Waals surface area contributed by atoms with Crippen LogP contribution < -0.4 is 0 Å². The van der Waals surface area contributed by atoms with Gasteiger partial charge >= 0.3 is 11.9 Å². The fraction of sp³-hybridized carbons (Fsp3) is 0.421. The smallest absolute Gasteiger partial charge is 0.414 e. The number of aromatic nitrogens is 2. The molecule has 2 saturated heterocycles. The van der Waals surface area contributed by atoms with Crippen molar-refractivity contribution in [3.8, 4) is 6.07 Å². The van der Waals surface area contributed by atoms with Crippen LogP contribution in [0.3, 0.4) is 0 Å². The van der Waals surface area contributed by atoms with Crippen LogP contribution in [0.4, 0.5) is 0 Å². The zero-order valence-corrected chi connectivity index (χ0v) is 17.2. The summed E-state index contributed by atoms with van der Waals surface area (Å²) in [5.41, 5.74) is 3.16. The minimum absolute atomic E-state index is 0.569. The largest absolute Gasteiger partial charge is 0.473 e. The maximum Gasteiger partial charge on any atom is 0.414 e. The molecule has 0 spiro atoms. The average Bonchev–Trinajstić information content (AvgIpc) is 3.30. The van der Waals surface area contributed by atoms with E-state index in [9.17, 15) is 0 Å². The summed E-state index contributed by atoms with van der Waals surface area (Å²) in [6, 6.07) is 9.97. The van der Waals surface area contributed by atoms with Gasteiger partial charge in [-0.2, -0.15) is 14.0 Å². The van der Waals surface area contributed by atoms with Crippen molar-refractivity contribution in [3.05, 3.63) is 41.1 Å². The van der Waals surface area contributed by atoms with E-state index in [1.54, 1.807) is 11.8 Å². The second-order valence-electron chi connectivity index (χ2n) is 6.93. The molecule has 1 unspecified atom stereocenters. The Morgan fingerprint density at radius 3 is 2.55 bits per heavy atom. The number of thioether (sulfide) groups is 1. The Morgan fingerprint density at radius 1 is 1.21 bits per heavy atom. The van der Waals surface area contributed by atoms with Crippen molar-refractivity contribution in [2.45, 2.75) is 29.5 Å². The maximum absolute atomic E-state index is 9.10. The molecule has 2 N–H and O–H groups in total. The Bertz CT molecular complexity index is 898. The number of carbonyl (C=O) groups is 2. The number of piperidine rings is 1. The van der Waals surface area contributed by atoms with Gasteiger partial charge in [-0.3, -0.25) is 0 Å². The van der Waals surface area contributed by atoms with Gasteiger partial charge in [0.05, 0.1) is 29.1 Å². The van der Waals surface area contributed by atoms with E-state index >= 15 is 0 Å². The highest BCUT2D eigenvalue weighted by Crippen LogP contribution is 2.41. The predicted molar refractivity (Wildman–Crippen MR) is 108 cm³/mol. The van der Waals surface area contributed by atoms with Crippen LogP contribution >= 0.6 is 23.5 Å². The van der Waals surface area contributed by atoms with Gasteiger partial charge in [0.15, 0.2) is 0 Å². The third kappa shape index (κ3) is 5.53. The predicted octanol–water partition coefficient (Wildman–Crippen LogP) is 2.67. The summed E-state index contributed by atoms with van der Waals surface area (Å²) in [4.78, 5) is 20.8. The van der Waals surface area contributed by atoms with Crippen LogP contribution in [0.1, 0.15) is 35.6 Å². The number of carboxylic acid groups (broad SMARTS) is 2. The van der Waals surface area contributed by atoms with Gasteiger partial charge in [-0.05, 0) is 43.0 Å². The quantitative estimate of drug-likeness (QED) is 0.553. The van der Waals surface area contributed by atoms with Crippen molar-refractivity contribution in [2.24, 2.45) is 5.92 Å². The molecule has 2 aliphatic heterocycles.